The zero-order chi connectivity index (χ0) is 18.1. The highest BCUT2D eigenvalue weighted by Crippen LogP contribution is 2.16. The first-order valence-corrected chi connectivity index (χ1v) is 8.78. The van der Waals surface area contributed by atoms with Crippen molar-refractivity contribution < 1.29 is 4.39 Å². The van der Waals surface area contributed by atoms with Crippen LogP contribution < -0.4 is 10.6 Å². The number of halogens is 2. The topological polar surface area (TPSA) is 39.7 Å². The van der Waals surface area contributed by atoms with Crippen LogP contribution in [0.2, 0.25) is 0 Å². The number of aliphatic imine (C=N–C) groups is 1. The largest absolute Gasteiger partial charge is 0.356 e. The molecular formula is C19H34FIN4. The summed E-state index contributed by atoms with van der Waals surface area (Å²) in [5.74, 6) is 0.582. The van der Waals surface area contributed by atoms with Gasteiger partial charge in [0.05, 0.1) is 6.04 Å². The van der Waals surface area contributed by atoms with E-state index in [1.54, 1.807) is 20.0 Å². The van der Waals surface area contributed by atoms with E-state index in [1.807, 2.05) is 19.1 Å². The molecule has 0 aliphatic rings. The van der Waals surface area contributed by atoms with Gasteiger partial charge in [-0.05, 0) is 71.3 Å². The third-order valence-electron chi connectivity index (χ3n) is 4.38. The van der Waals surface area contributed by atoms with Gasteiger partial charge in [-0.3, -0.25) is 4.99 Å². The van der Waals surface area contributed by atoms with Crippen LogP contribution in [-0.2, 0) is 0 Å². The first-order chi connectivity index (χ1) is 11.3. The van der Waals surface area contributed by atoms with Crippen LogP contribution in [0.1, 0.15) is 50.8 Å². The Morgan fingerprint density at radius 1 is 1.24 bits per heavy atom. The van der Waals surface area contributed by atoms with E-state index in [0.717, 1.165) is 37.5 Å². The summed E-state index contributed by atoms with van der Waals surface area (Å²) < 4.78 is 13.7. The number of nitrogens with one attached hydrogen (secondary N) is 2. The number of guanidine groups is 1. The molecule has 0 radical (unpaired) electrons. The Morgan fingerprint density at radius 2 is 1.92 bits per heavy atom. The summed E-state index contributed by atoms with van der Waals surface area (Å²) in [5.41, 5.74) is 1.58. The third kappa shape index (κ3) is 8.85. The van der Waals surface area contributed by atoms with Crippen molar-refractivity contribution in [2.75, 3.05) is 27.2 Å². The van der Waals surface area contributed by atoms with Crippen LogP contribution in [0.5, 0.6) is 0 Å². The molecule has 1 rings (SSSR count). The summed E-state index contributed by atoms with van der Waals surface area (Å²) in [4.78, 5) is 6.59. The van der Waals surface area contributed by atoms with Crippen LogP contribution in [0.4, 0.5) is 4.39 Å². The quantitative estimate of drug-likeness (QED) is 0.264. The number of hydrogen-bond acceptors (Lipinski definition) is 2. The van der Waals surface area contributed by atoms with E-state index in [4.69, 9.17) is 0 Å². The van der Waals surface area contributed by atoms with E-state index in [-0.39, 0.29) is 35.8 Å². The Hall–Kier alpha value is -0.890. The van der Waals surface area contributed by atoms with Crippen LogP contribution in [0.3, 0.4) is 0 Å². The van der Waals surface area contributed by atoms with Gasteiger partial charge in [-0.15, -0.1) is 24.0 Å². The Morgan fingerprint density at radius 3 is 2.48 bits per heavy atom. The summed E-state index contributed by atoms with van der Waals surface area (Å²) in [6.45, 7) is 10.2. The molecule has 1 aromatic rings. The number of nitrogens with zero attached hydrogens (tertiary/aromatic N) is 2. The van der Waals surface area contributed by atoms with Gasteiger partial charge in [0.15, 0.2) is 5.96 Å². The molecule has 6 heteroatoms. The highest BCUT2D eigenvalue weighted by atomic mass is 127. The Bertz CT molecular complexity index is 534. The summed E-state index contributed by atoms with van der Waals surface area (Å²) >= 11 is 0. The van der Waals surface area contributed by atoms with Crippen LogP contribution in [0.25, 0.3) is 0 Å². The summed E-state index contributed by atoms with van der Waals surface area (Å²) in [6.07, 6.45) is 2.24. The molecule has 0 bridgehead atoms. The maximum atomic E-state index is 13.7. The first kappa shape index (κ1) is 24.1. The van der Waals surface area contributed by atoms with Gasteiger partial charge in [0.1, 0.15) is 5.82 Å². The molecule has 0 fully saturated rings. The van der Waals surface area contributed by atoms with Crippen molar-refractivity contribution in [2.24, 2.45) is 4.99 Å². The normalized spacial score (nSPS) is 12.9. The molecule has 1 unspecified atom stereocenters. The third-order valence-corrected chi connectivity index (χ3v) is 4.38. The second-order valence-corrected chi connectivity index (χ2v) is 6.66. The maximum absolute atomic E-state index is 13.7. The van der Waals surface area contributed by atoms with Crippen LogP contribution in [-0.4, -0.2) is 44.1 Å². The highest BCUT2D eigenvalue weighted by molar-refractivity contribution is 14.0. The first-order valence-electron chi connectivity index (χ1n) is 8.78. The van der Waals surface area contributed by atoms with E-state index >= 15 is 0 Å². The number of unbranched alkanes of at least 4 members (excludes halogenated alkanes) is 1. The van der Waals surface area contributed by atoms with Gasteiger partial charge in [-0.25, -0.2) is 4.39 Å². The summed E-state index contributed by atoms with van der Waals surface area (Å²) in [7, 11) is 3.91. The van der Waals surface area contributed by atoms with E-state index < -0.39 is 0 Å². The van der Waals surface area contributed by atoms with E-state index in [0.29, 0.717) is 11.6 Å². The van der Waals surface area contributed by atoms with Gasteiger partial charge in [0.2, 0.25) is 0 Å². The number of aryl methyl sites for hydroxylation is 1. The van der Waals surface area contributed by atoms with Crippen molar-refractivity contribution in [3.8, 4) is 0 Å². The summed E-state index contributed by atoms with van der Waals surface area (Å²) in [6, 6.07) is 5.93. The molecule has 1 aromatic carbocycles. The maximum Gasteiger partial charge on any atom is 0.191 e. The van der Waals surface area contributed by atoms with Gasteiger partial charge >= 0.3 is 0 Å². The molecule has 2 N–H and O–H groups in total. The SMILES string of the molecule is CN=C(NCCCCN(C)C(C)C)NC(C)c1ccc(C)c(F)c1.I. The average molecular weight is 464 g/mol. The predicted octanol–water partition coefficient (Wildman–Crippen LogP) is 4.10. The summed E-state index contributed by atoms with van der Waals surface area (Å²) in [5, 5.41) is 6.63. The monoisotopic (exact) mass is 464 g/mol. The van der Waals surface area contributed by atoms with Gasteiger partial charge < -0.3 is 15.5 Å². The zero-order valence-corrected chi connectivity index (χ0v) is 18.7. The predicted molar refractivity (Wildman–Crippen MR) is 116 cm³/mol. The fourth-order valence-electron chi connectivity index (χ4n) is 2.31. The van der Waals surface area contributed by atoms with Crippen molar-refractivity contribution in [1.82, 2.24) is 15.5 Å². The van der Waals surface area contributed by atoms with E-state index in [1.165, 1.54) is 0 Å². The lowest BCUT2D eigenvalue weighted by Gasteiger charge is -2.21. The lowest BCUT2D eigenvalue weighted by atomic mass is 10.1. The van der Waals surface area contributed by atoms with Crippen molar-refractivity contribution in [2.45, 2.75) is 52.6 Å². The standard InChI is InChI=1S/C19H33FN4.HI/c1-14(2)24(6)12-8-7-11-22-19(21-5)23-16(4)17-10-9-15(3)18(20)13-17;/h9-10,13-14,16H,7-8,11-12H2,1-6H3,(H2,21,22,23);1H. The number of hydrogen-bond donors (Lipinski definition) is 2. The number of rotatable bonds is 8. The molecule has 0 amide bonds. The van der Waals surface area contributed by atoms with Crippen molar-refractivity contribution in [1.29, 1.82) is 0 Å². The highest BCUT2D eigenvalue weighted by Gasteiger charge is 2.09. The molecule has 4 nitrogen and oxygen atoms in total. The Balaban J connectivity index is 0.00000576. The lowest BCUT2D eigenvalue weighted by Crippen LogP contribution is -2.39. The van der Waals surface area contributed by atoms with Gasteiger partial charge in [0.25, 0.3) is 0 Å². The molecule has 144 valence electrons. The zero-order valence-electron chi connectivity index (χ0n) is 16.4. The molecular weight excluding hydrogens is 430 g/mol. The second-order valence-electron chi connectivity index (χ2n) is 6.66. The molecule has 1 atom stereocenters. The number of benzene rings is 1. The molecule has 0 aliphatic heterocycles. The molecule has 0 saturated carbocycles. The smallest absolute Gasteiger partial charge is 0.191 e. The van der Waals surface area contributed by atoms with Gasteiger partial charge in [-0.2, -0.15) is 0 Å². The van der Waals surface area contributed by atoms with Crippen molar-refractivity contribution in [3.63, 3.8) is 0 Å². The molecule has 0 saturated heterocycles. The fourth-order valence-corrected chi connectivity index (χ4v) is 2.31. The molecule has 0 aliphatic carbocycles. The van der Waals surface area contributed by atoms with E-state index in [9.17, 15) is 4.39 Å². The fraction of sp³-hybridized carbons (Fsp3) is 0.632. The van der Waals surface area contributed by atoms with E-state index in [2.05, 4.69) is 41.4 Å². The Kier molecular flexibility index (Phi) is 12.0. The minimum absolute atomic E-state index is 0. The Labute approximate surface area is 169 Å². The minimum Gasteiger partial charge on any atom is -0.356 e. The minimum atomic E-state index is -0.168. The molecule has 0 heterocycles. The van der Waals surface area contributed by atoms with Crippen molar-refractivity contribution in [3.05, 3.63) is 35.1 Å². The molecule has 25 heavy (non-hydrogen) atoms. The van der Waals surface area contributed by atoms with Crippen LogP contribution in [0, 0.1) is 12.7 Å². The van der Waals surface area contributed by atoms with Gasteiger partial charge in [0, 0.05) is 19.6 Å². The second kappa shape index (κ2) is 12.5. The van der Waals surface area contributed by atoms with Crippen molar-refractivity contribution >= 4 is 29.9 Å². The van der Waals surface area contributed by atoms with Gasteiger partial charge in [-0.1, -0.05) is 12.1 Å². The molecule has 0 spiro atoms. The molecule has 0 aromatic heterocycles. The average Bonchev–Trinajstić information content (AvgIpc) is 2.55. The lowest BCUT2D eigenvalue weighted by molar-refractivity contribution is 0.268. The van der Waals surface area contributed by atoms with Crippen LogP contribution in [0.15, 0.2) is 23.2 Å². The van der Waals surface area contributed by atoms with Crippen LogP contribution >= 0.6 is 24.0 Å².